The zero-order chi connectivity index (χ0) is 26.2. The van der Waals surface area contributed by atoms with Gasteiger partial charge in [0.1, 0.15) is 23.9 Å². The number of carbonyl (C=O) groups excluding carboxylic acids is 2. The van der Waals surface area contributed by atoms with Gasteiger partial charge in [-0.25, -0.2) is 4.98 Å². The fraction of sp³-hybridized carbons (Fsp3) is 0.276. The minimum atomic E-state index is -0.739. The van der Waals surface area contributed by atoms with E-state index < -0.39 is 17.7 Å². The molecular weight excluding hydrogens is 470 g/mol. The SMILES string of the molecule is C=CCOc1ccc(C2C(=C(O)c3cccc(OCCC)c3)C(=O)C(=O)N2CCCn2ccnc2)cc1. The summed E-state index contributed by atoms with van der Waals surface area (Å²) in [5, 5.41) is 11.3. The maximum Gasteiger partial charge on any atom is 0.295 e. The van der Waals surface area contributed by atoms with Gasteiger partial charge in [0.05, 0.1) is 24.5 Å². The normalized spacial score (nSPS) is 16.7. The number of likely N-dealkylation sites (tertiary alicyclic amines) is 1. The summed E-state index contributed by atoms with van der Waals surface area (Å²) >= 11 is 0. The Morgan fingerprint density at radius 3 is 2.62 bits per heavy atom. The highest BCUT2D eigenvalue weighted by Crippen LogP contribution is 2.40. The summed E-state index contributed by atoms with van der Waals surface area (Å²) in [7, 11) is 0. The molecule has 1 fully saturated rings. The van der Waals surface area contributed by atoms with Crippen LogP contribution in [0.4, 0.5) is 0 Å². The van der Waals surface area contributed by atoms with E-state index in [2.05, 4.69) is 11.6 Å². The van der Waals surface area contributed by atoms with Crippen LogP contribution in [0.15, 0.2) is 85.5 Å². The first-order chi connectivity index (χ1) is 18.0. The van der Waals surface area contributed by atoms with Crippen LogP contribution in [0.25, 0.3) is 5.76 Å². The number of aliphatic hydroxyl groups is 1. The molecule has 8 nitrogen and oxygen atoms in total. The molecule has 8 heteroatoms. The van der Waals surface area contributed by atoms with Crippen LogP contribution >= 0.6 is 0 Å². The van der Waals surface area contributed by atoms with E-state index in [1.54, 1.807) is 55.0 Å². The molecule has 2 heterocycles. The van der Waals surface area contributed by atoms with E-state index in [1.165, 1.54) is 4.90 Å². The quantitative estimate of drug-likeness (QED) is 0.167. The first kappa shape index (κ1) is 25.8. The van der Waals surface area contributed by atoms with Gasteiger partial charge in [0.25, 0.3) is 11.7 Å². The van der Waals surface area contributed by atoms with Gasteiger partial charge >= 0.3 is 0 Å². The number of aromatic nitrogens is 2. The number of hydrogen-bond donors (Lipinski definition) is 1. The summed E-state index contributed by atoms with van der Waals surface area (Å²) in [5.41, 5.74) is 1.17. The second kappa shape index (κ2) is 12.1. The van der Waals surface area contributed by atoms with E-state index >= 15 is 0 Å². The lowest BCUT2D eigenvalue weighted by Crippen LogP contribution is -2.31. The molecule has 37 heavy (non-hydrogen) atoms. The first-order valence-corrected chi connectivity index (χ1v) is 12.3. The third-order valence-corrected chi connectivity index (χ3v) is 6.06. The van der Waals surface area contributed by atoms with Crippen LogP contribution in [0.1, 0.15) is 36.9 Å². The lowest BCUT2D eigenvalue weighted by molar-refractivity contribution is -0.139. The Bertz CT molecular complexity index is 1260. The highest BCUT2D eigenvalue weighted by Gasteiger charge is 2.45. The van der Waals surface area contributed by atoms with Gasteiger partial charge in [-0.1, -0.05) is 43.8 Å². The predicted molar refractivity (Wildman–Crippen MR) is 140 cm³/mol. The molecule has 0 bridgehead atoms. The number of rotatable bonds is 12. The Morgan fingerprint density at radius 2 is 1.92 bits per heavy atom. The molecule has 2 aromatic carbocycles. The number of aliphatic hydroxyl groups excluding tert-OH is 1. The summed E-state index contributed by atoms with van der Waals surface area (Å²) in [4.78, 5) is 32.1. The second-order valence-electron chi connectivity index (χ2n) is 8.69. The lowest BCUT2D eigenvalue weighted by atomic mass is 9.95. The van der Waals surface area contributed by atoms with Crippen molar-refractivity contribution >= 4 is 17.4 Å². The van der Waals surface area contributed by atoms with Crippen LogP contribution in [0.5, 0.6) is 11.5 Å². The molecule has 1 unspecified atom stereocenters. The van der Waals surface area contributed by atoms with Crippen molar-refractivity contribution in [3.8, 4) is 11.5 Å². The molecule has 1 aliphatic rings. The fourth-order valence-electron chi connectivity index (χ4n) is 4.31. The van der Waals surface area contributed by atoms with Crippen molar-refractivity contribution in [2.75, 3.05) is 19.8 Å². The second-order valence-corrected chi connectivity index (χ2v) is 8.69. The molecule has 1 N–H and O–H groups in total. The van der Waals surface area contributed by atoms with E-state index in [-0.39, 0.29) is 11.3 Å². The van der Waals surface area contributed by atoms with Crippen molar-refractivity contribution in [2.45, 2.75) is 32.4 Å². The van der Waals surface area contributed by atoms with E-state index in [0.717, 1.165) is 6.42 Å². The van der Waals surface area contributed by atoms with Gasteiger partial charge in [-0.15, -0.1) is 0 Å². The van der Waals surface area contributed by atoms with Gasteiger partial charge in [-0.3, -0.25) is 9.59 Å². The Morgan fingerprint density at radius 1 is 1.11 bits per heavy atom. The molecular formula is C29H31N3O5. The third kappa shape index (κ3) is 5.91. The number of nitrogens with zero attached hydrogens (tertiary/aromatic N) is 3. The van der Waals surface area contributed by atoms with Crippen molar-refractivity contribution in [1.82, 2.24) is 14.5 Å². The fourth-order valence-corrected chi connectivity index (χ4v) is 4.31. The molecule has 3 aromatic rings. The van der Waals surface area contributed by atoms with Crippen LogP contribution < -0.4 is 9.47 Å². The average Bonchev–Trinajstić information content (AvgIpc) is 3.53. The van der Waals surface area contributed by atoms with Gasteiger partial charge in [-0.05, 0) is 42.7 Å². The highest BCUT2D eigenvalue weighted by molar-refractivity contribution is 6.46. The summed E-state index contributed by atoms with van der Waals surface area (Å²) in [6.07, 6.45) is 8.36. The molecule has 1 saturated heterocycles. The van der Waals surface area contributed by atoms with Crippen molar-refractivity contribution in [1.29, 1.82) is 0 Å². The van der Waals surface area contributed by atoms with E-state index in [4.69, 9.17) is 9.47 Å². The summed E-state index contributed by atoms with van der Waals surface area (Å²) in [6, 6.07) is 13.4. The maximum atomic E-state index is 13.3. The number of carbonyl (C=O) groups is 2. The van der Waals surface area contributed by atoms with Gasteiger partial charge in [0.15, 0.2) is 0 Å². The molecule has 4 rings (SSSR count). The van der Waals surface area contributed by atoms with Crippen molar-refractivity contribution in [2.24, 2.45) is 0 Å². The van der Waals surface area contributed by atoms with E-state index in [9.17, 15) is 14.7 Å². The topological polar surface area (TPSA) is 93.9 Å². The number of amides is 1. The highest BCUT2D eigenvalue weighted by atomic mass is 16.5. The smallest absolute Gasteiger partial charge is 0.295 e. The van der Waals surface area contributed by atoms with Crippen molar-refractivity contribution < 1.29 is 24.2 Å². The zero-order valence-corrected chi connectivity index (χ0v) is 20.9. The van der Waals surface area contributed by atoms with Gasteiger partial charge in [-0.2, -0.15) is 0 Å². The van der Waals surface area contributed by atoms with Crippen LogP contribution in [0.2, 0.25) is 0 Å². The Kier molecular flexibility index (Phi) is 8.40. The average molecular weight is 502 g/mol. The molecule has 0 radical (unpaired) electrons. The molecule has 0 spiro atoms. The van der Waals surface area contributed by atoms with Crippen LogP contribution in [-0.4, -0.2) is 51.0 Å². The Balaban J connectivity index is 1.70. The van der Waals surface area contributed by atoms with Crippen molar-refractivity contribution in [3.05, 3.63) is 96.6 Å². The zero-order valence-electron chi connectivity index (χ0n) is 20.9. The number of ketones is 1. The number of Topliss-reactive ketones (excluding diaryl/α,β-unsaturated/α-hetero) is 1. The number of imidazole rings is 1. The van der Waals surface area contributed by atoms with Crippen LogP contribution in [0.3, 0.4) is 0 Å². The number of aryl methyl sites for hydroxylation is 1. The monoisotopic (exact) mass is 501 g/mol. The van der Waals surface area contributed by atoms with Crippen molar-refractivity contribution in [3.63, 3.8) is 0 Å². The predicted octanol–water partition coefficient (Wildman–Crippen LogP) is 4.75. The number of benzene rings is 2. The molecule has 0 aliphatic carbocycles. The molecule has 0 saturated carbocycles. The molecule has 192 valence electrons. The van der Waals surface area contributed by atoms with Gasteiger partial charge in [0, 0.05) is 31.0 Å². The van der Waals surface area contributed by atoms with E-state index in [0.29, 0.717) is 55.4 Å². The summed E-state index contributed by atoms with van der Waals surface area (Å²) < 4.78 is 13.2. The maximum absolute atomic E-state index is 13.3. The van der Waals surface area contributed by atoms with Gasteiger partial charge < -0.3 is 24.0 Å². The van der Waals surface area contributed by atoms with Crippen LogP contribution in [0, 0.1) is 0 Å². The lowest BCUT2D eigenvalue weighted by Gasteiger charge is -2.25. The molecule has 1 aliphatic heterocycles. The molecule has 1 amide bonds. The van der Waals surface area contributed by atoms with Gasteiger partial charge in [0.2, 0.25) is 0 Å². The number of ether oxygens (including phenoxy) is 2. The Hall–Kier alpha value is -4.33. The largest absolute Gasteiger partial charge is 0.507 e. The Labute approximate surface area is 216 Å². The summed E-state index contributed by atoms with van der Waals surface area (Å²) in [6.45, 7) is 7.53. The summed E-state index contributed by atoms with van der Waals surface area (Å²) in [5.74, 6) is -0.351. The van der Waals surface area contributed by atoms with Crippen LogP contribution in [-0.2, 0) is 16.1 Å². The minimum Gasteiger partial charge on any atom is -0.507 e. The van der Waals surface area contributed by atoms with E-state index in [1.807, 2.05) is 29.8 Å². The molecule has 1 atom stereocenters. The number of hydrogen-bond acceptors (Lipinski definition) is 6. The standard InChI is InChI=1S/C29H31N3O5/c1-3-17-36-23-11-9-21(10-12-23)26-25(27(33)22-7-5-8-24(19-22)37-18-4-2)28(34)29(35)32(26)15-6-14-31-16-13-30-20-31/h3,5,7-13,16,19-20,26,33H,1,4,6,14-15,17-18H2,2H3. The minimum absolute atomic E-state index is 0.0556. The third-order valence-electron chi connectivity index (χ3n) is 6.06. The first-order valence-electron chi connectivity index (χ1n) is 12.3. The molecule has 1 aromatic heterocycles.